The number of carbonyl (C=O) groups excluding carboxylic acids is 2. The van der Waals surface area contributed by atoms with Crippen molar-refractivity contribution in [2.75, 3.05) is 33.9 Å². The fourth-order valence-electron chi connectivity index (χ4n) is 6.73. The van der Waals surface area contributed by atoms with Gasteiger partial charge in [-0.2, -0.15) is 13.2 Å². The highest BCUT2D eigenvalue weighted by atomic mass is 19.4. The van der Waals surface area contributed by atoms with E-state index in [1.807, 2.05) is 39.0 Å². The molecule has 1 aliphatic carbocycles. The lowest BCUT2D eigenvalue weighted by Crippen LogP contribution is -2.40. The first-order valence-electron chi connectivity index (χ1n) is 18.7. The number of ether oxygens (including phenoxy) is 2. The maximum absolute atomic E-state index is 16.8. The second-order valence-corrected chi connectivity index (χ2v) is 14.5. The molecule has 0 bridgehead atoms. The number of hydrogen-bond acceptors (Lipinski definition) is 6. The molecular weight excluding hydrogens is 714 g/mol. The second kappa shape index (κ2) is 18.8. The van der Waals surface area contributed by atoms with Crippen LogP contribution in [0.25, 0.3) is 11.1 Å². The molecule has 0 spiro atoms. The SMILES string of the molecule is C=CCCCOc1cc(C)c(C)c(C)c1-c1cc(C2CC2)c(F)c([C@H](CC(=O)OCC)NC(=O)[C@H](CC=C)n2cc(CCN(C)C)c(C(F)(F)F)cc2=O)c1. The molecule has 12 heteroatoms. The van der Waals surface area contributed by atoms with E-state index in [4.69, 9.17) is 9.47 Å². The molecular formula is C43H53F4N3O5. The highest BCUT2D eigenvalue weighted by Crippen LogP contribution is 2.46. The number of esters is 1. The first kappa shape index (κ1) is 43.0. The molecule has 0 aliphatic heterocycles. The van der Waals surface area contributed by atoms with Crippen LogP contribution in [0.4, 0.5) is 17.6 Å². The van der Waals surface area contributed by atoms with Crippen molar-refractivity contribution in [3.8, 4) is 16.9 Å². The van der Waals surface area contributed by atoms with Gasteiger partial charge in [0.15, 0.2) is 0 Å². The molecule has 1 amide bonds. The number of alkyl halides is 3. The monoisotopic (exact) mass is 767 g/mol. The zero-order valence-electron chi connectivity index (χ0n) is 32.7. The topological polar surface area (TPSA) is 89.9 Å². The summed E-state index contributed by atoms with van der Waals surface area (Å²) in [7, 11) is 3.42. The number of aromatic nitrogens is 1. The van der Waals surface area contributed by atoms with Crippen LogP contribution in [0.2, 0.25) is 0 Å². The summed E-state index contributed by atoms with van der Waals surface area (Å²) in [5.74, 6) is -1.53. The maximum atomic E-state index is 16.8. The smallest absolute Gasteiger partial charge is 0.416 e. The molecule has 2 aromatic carbocycles. The van der Waals surface area contributed by atoms with Gasteiger partial charge in [0.2, 0.25) is 5.91 Å². The van der Waals surface area contributed by atoms with Crippen LogP contribution in [-0.4, -0.2) is 55.2 Å². The van der Waals surface area contributed by atoms with E-state index in [1.54, 1.807) is 32.0 Å². The number of unbranched alkanes of at least 4 members (excludes halogenated alkanes) is 1. The number of aryl methyl sites for hydroxylation is 1. The molecule has 1 fully saturated rings. The van der Waals surface area contributed by atoms with E-state index in [1.165, 1.54) is 6.08 Å². The Kier molecular flexibility index (Phi) is 14.7. The molecule has 55 heavy (non-hydrogen) atoms. The van der Waals surface area contributed by atoms with E-state index in [0.717, 1.165) is 58.7 Å². The van der Waals surface area contributed by atoms with Crippen LogP contribution in [0.1, 0.15) is 102 Å². The van der Waals surface area contributed by atoms with Gasteiger partial charge >= 0.3 is 12.1 Å². The second-order valence-electron chi connectivity index (χ2n) is 14.5. The van der Waals surface area contributed by atoms with Crippen molar-refractivity contribution in [1.29, 1.82) is 0 Å². The zero-order chi connectivity index (χ0) is 40.6. The van der Waals surface area contributed by atoms with Gasteiger partial charge in [0.25, 0.3) is 5.56 Å². The molecule has 1 saturated carbocycles. The molecule has 8 nitrogen and oxygen atoms in total. The number of amides is 1. The Bertz CT molecular complexity index is 1950. The summed E-state index contributed by atoms with van der Waals surface area (Å²) >= 11 is 0. The molecule has 0 saturated heterocycles. The summed E-state index contributed by atoms with van der Waals surface area (Å²) < 4.78 is 71.5. The normalized spacial score (nSPS) is 14.0. The number of carbonyl (C=O) groups is 2. The van der Waals surface area contributed by atoms with Gasteiger partial charge in [-0.15, -0.1) is 13.2 Å². The van der Waals surface area contributed by atoms with Crippen LogP contribution >= 0.6 is 0 Å². The van der Waals surface area contributed by atoms with Crippen molar-refractivity contribution in [2.24, 2.45) is 0 Å². The lowest BCUT2D eigenvalue weighted by Gasteiger charge is -2.26. The Morgan fingerprint density at radius 3 is 2.38 bits per heavy atom. The Labute approximate surface area is 321 Å². The summed E-state index contributed by atoms with van der Waals surface area (Å²) in [5.41, 5.74) is 2.59. The average Bonchev–Trinajstić information content (AvgIpc) is 3.96. The van der Waals surface area contributed by atoms with E-state index >= 15 is 4.39 Å². The zero-order valence-corrected chi connectivity index (χ0v) is 32.7. The Balaban J connectivity index is 1.87. The van der Waals surface area contributed by atoms with Gasteiger partial charge in [0, 0.05) is 29.9 Å². The number of nitrogens with one attached hydrogen (secondary N) is 1. The molecule has 1 aliphatic rings. The van der Waals surface area contributed by atoms with Gasteiger partial charge in [-0.3, -0.25) is 14.4 Å². The van der Waals surface area contributed by atoms with Crippen molar-refractivity contribution >= 4 is 11.9 Å². The number of rotatable bonds is 19. The molecule has 1 N–H and O–H groups in total. The van der Waals surface area contributed by atoms with Gasteiger partial charge in [-0.1, -0.05) is 12.2 Å². The first-order chi connectivity index (χ1) is 26.0. The summed E-state index contributed by atoms with van der Waals surface area (Å²) in [4.78, 5) is 42.4. The van der Waals surface area contributed by atoms with Crippen molar-refractivity contribution in [1.82, 2.24) is 14.8 Å². The van der Waals surface area contributed by atoms with Crippen molar-refractivity contribution in [2.45, 2.75) is 96.8 Å². The average molecular weight is 768 g/mol. The third-order valence-electron chi connectivity index (χ3n) is 10.1. The van der Waals surface area contributed by atoms with Crippen LogP contribution in [-0.2, 0) is 26.9 Å². The number of nitrogens with zero attached hydrogens (tertiary/aromatic N) is 2. The molecule has 4 rings (SSSR count). The maximum Gasteiger partial charge on any atom is 0.416 e. The fraction of sp³-hybridized carbons (Fsp3) is 0.465. The fourth-order valence-corrected chi connectivity index (χ4v) is 6.73. The van der Waals surface area contributed by atoms with Crippen LogP contribution < -0.4 is 15.6 Å². The van der Waals surface area contributed by atoms with E-state index in [9.17, 15) is 27.6 Å². The molecule has 2 atom stereocenters. The summed E-state index contributed by atoms with van der Waals surface area (Å²) in [6, 6.07) is 3.26. The van der Waals surface area contributed by atoms with Gasteiger partial charge in [-0.05, 0) is 138 Å². The number of benzene rings is 2. The molecule has 3 aromatic rings. The largest absolute Gasteiger partial charge is 0.493 e. The Hall–Kier alpha value is -4.71. The predicted molar refractivity (Wildman–Crippen MR) is 207 cm³/mol. The predicted octanol–water partition coefficient (Wildman–Crippen LogP) is 8.85. The van der Waals surface area contributed by atoms with Crippen LogP contribution in [0.5, 0.6) is 5.75 Å². The van der Waals surface area contributed by atoms with Crippen molar-refractivity contribution in [3.63, 3.8) is 0 Å². The molecule has 298 valence electrons. The number of hydrogen-bond donors (Lipinski definition) is 1. The van der Waals surface area contributed by atoms with Gasteiger partial charge in [0.1, 0.15) is 17.6 Å². The molecule has 1 heterocycles. The number of likely N-dealkylation sites (N-methyl/N-ethyl adjacent to an activating group) is 1. The highest BCUT2D eigenvalue weighted by Gasteiger charge is 2.36. The minimum Gasteiger partial charge on any atom is -0.493 e. The number of pyridine rings is 1. The summed E-state index contributed by atoms with van der Waals surface area (Å²) in [6.45, 7) is 15.8. The van der Waals surface area contributed by atoms with Crippen LogP contribution in [0.15, 0.2) is 60.6 Å². The minimum absolute atomic E-state index is 0.0412. The van der Waals surface area contributed by atoms with E-state index in [2.05, 4.69) is 18.5 Å². The van der Waals surface area contributed by atoms with Gasteiger partial charge in [0.05, 0.1) is 31.2 Å². The lowest BCUT2D eigenvalue weighted by atomic mass is 9.88. The van der Waals surface area contributed by atoms with Gasteiger partial charge in [-0.25, -0.2) is 4.39 Å². The van der Waals surface area contributed by atoms with E-state index in [0.29, 0.717) is 29.5 Å². The standard InChI is InChI=1S/C43H53F4N3O5/c1-9-12-13-19-55-37-20-26(4)27(5)28(6)40(37)31-21-32(29-15-16-29)41(44)33(22-31)35(24-39(52)54-11-3)48-42(53)36(14-10-2)50-25-30(17-18-49(7)8)34(23-38(50)51)43(45,46)47/h9-10,20-23,25,29,35-36H,1-2,11-19,24H2,3-8H3,(H,48,53)/t35-,36-/m0/s1. The van der Waals surface area contributed by atoms with Crippen molar-refractivity contribution < 1.29 is 36.6 Å². The highest BCUT2D eigenvalue weighted by molar-refractivity contribution is 5.83. The van der Waals surface area contributed by atoms with Crippen molar-refractivity contribution in [3.05, 3.63) is 111 Å². The van der Waals surface area contributed by atoms with Gasteiger partial charge < -0.3 is 24.3 Å². The molecule has 0 unspecified atom stereocenters. The van der Waals surface area contributed by atoms with E-state index in [-0.39, 0.29) is 43.0 Å². The summed E-state index contributed by atoms with van der Waals surface area (Å²) in [5, 5.41) is 2.79. The summed E-state index contributed by atoms with van der Waals surface area (Å²) in [6.07, 6.45) is 1.87. The quantitative estimate of drug-likeness (QED) is 0.0568. The third-order valence-corrected chi connectivity index (χ3v) is 10.1. The number of allylic oxidation sites excluding steroid dienone is 2. The third kappa shape index (κ3) is 10.7. The van der Waals surface area contributed by atoms with E-state index < -0.39 is 53.5 Å². The van der Waals surface area contributed by atoms with Crippen LogP contribution in [0, 0.1) is 26.6 Å². The lowest BCUT2D eigenvalue weighted by molar-refractivity contribution is -0.144. The van der Waals surface area contributed by atoms with Crippen LogP contribution in [0.3, 0.4) is 0 Å². The number of halogens is 4. The molecule has 1 aromatic heterocycles. The Morgan fingerprint density at radius 1 is 1.07 bits per heavy atom. The molecule has 0 radical (unpaired) electrons. The minimum atomic E-state index is -4.80. The Morgan fingerprint density at radius 2 is 1.78 bits per heavy atom. The first-order valence-corrected chi connectivity index (χ1v) is 18.7.